The molecule has 0 spiro atoms. The molecule has 1 aromatic rings. The molecule has 0 N–H and O–H groups in total. The Bertz CT molecular complexity index is 606. The van der Waals surface area contributed by atoms with Crippen molar-refractivity contribution in [2.24, 2.45) is 4.99 Å². The molecule has 0 aromatic heterocycles. The topological polar surface area (TPSA) is 12.4 Å². The van der Waals surface area contributed by atoms with Crippen molar-refractivity contribution in [3.8, 4) is 0 Å². The lowest BCUT2D eigenvalue weighted by Crippen LogP contribution is -1.94. The van der Waals surface area contributed by atoms with Crippen LogP contribution in [-0.2, 0) is 0 Å². The molecule has 0 unspecified atom stereocenters. The van der Waals surface area contributed by atoms with Crippen molar-refractivity contribution < 1.29 is 4.39 Å². The molecule has 0 atom stereocenters. The van der Waals surface area contributed by atoms with Crippen molar-refractivity contribution in [2.45, 2.75) is 65.2 Å². The summed E-state index contributed by atoms with van der Waals surface area (Å²) in [6, 6.07) is 5.14. The van der Waals surface area contributed by atoms with Crippen LogP contribution in [0.3, 0.4) is 0 Å². The zero-order valence-corrected chi connectivity index (χ0v) is 14.6. The zero-order chi connectivity index (χ0) is 16.7. The van der Waals surface area contributed by atoms with Gasteiger partial charge in [-0.2, -0.15) is 0 Å². The third-order valence-electron chi connectivity index (χ3n) is 4.26. The molecule has 1 aliphatic carbocycles. The third-order valence-corrected chi connectivity index (χ3v) is 4.26. The van der Waals surface area contributed by atoms with Crippen molar-refractivity contribution in [3.05, 3.63) is 52.9 Å². The fourth-order valence-corrected chi connectivity index (χ4v) is 2.74. The minimum atomic E-state index is -0.146. The van der Waals surface area contributed by atoms with Gasteiger partial charge in [-0.05, 0) is 74.3 Å². The Morgan fingerprint density at radius 2 is 2.09 bits per heavy atom. The highest BCUT2D eigenvalue weighted by Crippen LogP contribution is 2.43. The summed E-state index contributed by atoms with van der Waals surface area (Å²) in [5, 5.41) is 0. The highest BCUT2D eigenvalue weighted by molar-refractivity contribution is 5.85. The van der Waals surface area contributed by atoms with Crippen LogP contribution in [0, 0.1) is 5.82 Å². The Balaban J connectivity index is 2.27. The SMILES string of the molecule is C/C=C(\C=NC(=CCC)c1ccc(F)cc1C1CC1)CCCC. The molecule has 1 nitrogen and oxygen atoms in total. The normalized spacial score (nSPS) is 16.3. The van der Waals surface area contributed by atoms with Crippen LogP contribution >= 0.6 is 0 Å². The molecule has 124 valence electrons. The van der Waals surface area contributed by atoms with Gasteiger partial charge in [0.25, 0.3) is 0 Å². The van der Waals surface area contributed by atoms with Gasteiger partial charge in [0.2, 0.25) is 0 Å². The maximum absolute atomic E-state index is 13.6. The Morgan fingerprint density at radius 3 is 2.70 bits per heavy atom. The number of benzene rings is 1. The van der Waals surface area contributed by atoms with Crippen molar-refractivity contribution in [2.75, 3.05) is 0 Å². The van der Waals surface area contributed by atoms with Gasteiger partial charge in [-0.3, -0.25) is 4.99 Å². The van der Waals surface area contributed by atoms with Gasteiger partial charge in [-0.25, -0.2) is 4.39 Å². The molecule has 2 heteroatoms. The summed E-state index contributed by atoms with van der Waals surface area (Å²) in [4.78, 5) is 4.75. The van der Waals surface area contributed by atoms with E-state index < -0.39 is 0 Å². The smallest absolute Gasteiger partial charge is 0.123 e. The Hall–Kier alpha value is -1.70. The first kappa shape index (κ1) is 17.7. The lowest BCUT2D eigenvalue weighted by Gasteiger charge is -2.10. The number of aliphatic imine (C=N–C) groups is 1. The number of hydrogen-bond donors (Lipinski definition) is 0. The Labute approximate surface area is 140 Å². The number of rotatable bonds is 8. The number of allylic oxidation sites excluding steroid dienone is 3. The van der Waals surface area contributed by atoms with Gasteiger partial charge >= 0.3 is 0 Å². The Kier molecular flexibility index (Phi) is 6.76. The van der Waals surface area contributed by atoms with E-state index in [1.54, 1.807) is 12.1 Å². The van der Waals surface area contributed by atoms with E-state index in [1.165, 1.54) is 18.4 Å². The quantitative estimate of drug-likeness (QED) is 0.476. The fourth-order valence-electron chi connectivity index (χ4n) is 2.74. The van der Waals surface area contributed by atoms with Crippen molar-refractivity contribution in [1.29, 1.82) is 0 Å². The van der Waals surface area contributed by atoms with Crippen LogP contribution in [-0.4, -0.2) is 6.21 Å². The van der Waals surface area contributed by atoms with Gasteiger partial charge in [0.15, 0.2) is 0 Å². The molecule has 0 heterocycles. The van der Waals surface area contributed by atoms with E-state index in [9.17, 15) is 4.39 Å². The van der Waals surface area contributed by atoms with Crippen LogP contribution in [0.4, 0.5) is 4.39 Å². The second-order valence-electron chi connectivity index (χ2n) is 6.23. The van der Waals surface area contributed by atoms with Gasteiger partial charge in [-0.15, -0.1) is 0 Å². The second kappa shape index (κ2) is 8.81. The van der Waals surface area contributed by atoms with Gasteiger partial charge < -0.3 is 0 Å². The minimum absolute atomic E-state index is 0.146. The third kappa shape index (κ3) is 5.16. The molecule has 0 amide bonds. The maximum atomic E-state index is 13.6. The fraction of sp³-hybridized carbons (Fsp3) is 0.476. The first-order chi connectivity index (χ1) is 11.2. The van der Waals surface area contributed by atoms with Crippen LogP contribution in [0.5, 0.6) is 0 Å². The molecular formula is C21H28FN. The molecule has 2 rings (SSSR count). The molecule has 1 aliphatic rings. The molecule has 0 aliphatic heterocycles. The predicted molar refractivity (Wildman–Crippen MR) is 98.4 cm³/mol. The average Bonchev–Trinajstić information content (AvgIpc) is 3.39. The number of hydrogen-bond acceptors (Lipinski definition) is 1. The van der Waals surface area contributed by atoms with Gasteiger partial charge in [0, 0.05) is 11.8 Å². The van der Waals surface area contributed by atoms with Crippen molar-refractivity contribution >= 4 is 11.9 Å². The average molecular weight is 313 g/mol. The zero-order valence-electron chi connectivity index (χ0n) is 14.6. The summed E-state index contributed by atoms with van der Waals surface area (Å²) >= 11 is 0. The van der Waals surface area contributed by atoms with Crippen LogP contribution < -0.4 is 0 Å². The molecule has 1 fully saturated rings. The van der Waals surface area contributed by atoms with Gasteiger partial charge in [0.05, 0.1) is 5.70 Å². The first-order valence-electron chi connectivity index (χ1n) is 8.88. The van der Waals surface area contributed by atoms with Crippen LogP contribution in [0.25, 0.3) is 5.70 Å². The lowest BCUT2D eigenvalue weighted by atomic mass is 9.99. The van der Waals surface area contributed by atoms with E-state index in [4.69, 9.17) is 4.99 Å². The molecule has 0 bridgehead atoms. The van der Waals surface area contributed by atoms with Crippen molar-refractivity contribution in [1.82, 2.24) is 0 Å². The van der Waals surface area contributed by atoms with E-state index in [-0.39, 0.29) is 5.82 Å². The van der Waals surface area contributed by atoms with Crippen LogP contribution in [0.15, 0.2) is 40.9 Å². The van der Waals surface area contributed by atoms with Gasteiger partial charge in [0.1, 0.15) is 5.82 Å². The number of unbranched alkanes of at least 4 members (excludes halogenated alkanes) is 1. The van der Waals surface area contributed by atoms with Crippen LogP contribution in [0.2, 0.25) is 0 Å². The van der Waals surface area contributed by atoms with E-state index in [2.05, 4.69) is 32.9 Å². The molecule has 1 saturated carbocycles. The monoisotopic (exact) mass is 313 g/mol. The first-order valence-corrected chi connectivity index (χ1v) is 8.88. The molecule has 0 saturated heterocycles. The van der Waals surface area contributed by atoms with E-state index >= 15 is 0 Å². The summed E-state index contributed by atoms with van der Waals surface area (Å²) in [6.45, 7) is 6.38. The molecule has 0 radical (unpaired) electrons. The number of halogens is 1. The highest BCUT2D eigenvalue weighted by Gasteiger charge is 2.27. The molecule has 23 heavy (non-hydrogen) atoms. The van der Waals surface area contributed by atoms with Crippen molar-refractivity contribution in [3.63, 3.8) is 0 Å². The lowest BCUT2D eigenvalue weighted by molar-refractivity contribution is 0.625. The molecule has 1 aromatic carbocycles. The summed E-state index contributed by atoms with van der Waals surface area (Å²) in [7, 11) is 0. The molecular weight excluding hydrogens is 285 g/mol. The Morgan fingerprint density at radius 1 is 1.30 bits per heavy atom. The summed E-state index contributed by atoms with van der Waals surface area (Å²) in [6.07, 6.45) is 12.9. The maximum Gasteiger partial charge on any atom is 0.123 e. The largest absolute Gasteiger partial charge is 0.256 e. The predicted octanol–water partition coefficient (Wildman–Crippen LogP) is 6.66. The van der Waals surface area contributed by atoms with E-state index in [0.29, 0.717) is 5.92 Å². The summed E-state index contributed by atoms with van der Waals surface area (Å²) in [5.74, 6) is 0.366. The number of nitrogens with zero attached hydrogens (tertiary/aromatic N) is 1. The second-order valence-corrected chi connectivity index (χ2v) is 6.23. The highest BCUT2D eigenvalue weighted by atomic mass is 19.1. The summed E-state index contributed by atoms with van der Waals surface area (Å²) in [5.41, 5.74) is 4.46. The van der Waals surface area contributed by atoms with E-state index in [1.807, 2.05) is 12.3 Å². The van der Waals surface area contributed by atoms with Gasteiger partial charge in [-0.1, -0.05) is 32.4 Å². The van der Waals surface area contributed by atoms with E-state index in [0.717, 1.165) is 42.5 Å². The van der Waals surface area contributed by atoms with Crippen LogP contribution in [0.1, 0.15) is 76.3 Å². The minimum Gasteiger partial charge on any atom is -0.256 e. The standard InChI is InChI=1S/C21H28FN/c1-4-7-9-16(6-3)15-23-21(8-5-2)19-13-12-18(22)14-20(19)17-10-11-17/h6,8,12-15,17H,4-5,7,9-11H2,1-3H3/b16-6-,21-8?,23-15?. The summed E-state index contributed by atoms with van der Waals surface area (Å²) < 4.78 is 13.6.